The number of nitrogens with one attached hydrogen (secondary N) is 1. The number of hydrogen-bond donors (Lipinski definition) is 1. The van der Waals surface area contributed by atoms with E-state index in [0.29, 0.717) is 23.9 Å². The molecule has 0 saturated carbocycles. The van der Waals surface area contributed by atoms with Crippen LogP contribution in [0.15, 0.2) is 0 Å². The lowest BCUT2D eigenvalue weighted by Crippen LogP contribution is -2.39. The van der Waals surface area contributed by atoms with Gasteiger partial charge < -0.3 is 10.1 Å². The Morgan fingerprint density at radius 2 is 2.31 bits per heavy atom. The van der Waals surface area contributed by atoms with E-state index in [1.54, 1.807) is 0 Å². The van der Waals surface area contributed by atoms with Crippen LogP contribution in [0.3, 0.4) is 0 Å². The molecule has 0 aromatic carbocycles. The number of rotatable bonds is 5. The molecule has 3 heteroatoms. The molecule has 0 spiro atoms. The molecule has 1 fully saturated rings. The van der Waals surface area contributed by atoms with Crippen LogP contribution in [0.1, 0.15) is 26.7 Å². The van der Waals surface area contributed by atoms with E-state index in [1.165, 1.54) is 12.8 Å². The van der Waals surface area contributed by atoms with Gasteiger partial charge >= 0.3 is 0 Å². The van der Waals surface area contributed by atoms with E-state index in [4.69, 9.17) is 16.3 Å². The molecule has 13 heavy (non-hydrogen) atoms. The Hall–Kier alpha value is 0.210. The van der Waals surface area contributed by atoms with Crippen molar-refractivity contribution in [3.63, 3.8) is 0 Å². The molecule has 0 radical (unpaired) electrons. The van der Waals surface area contributed by atoms with Gasteiger partial charge in [-0.3, -0.25) is 0 Å². The highest BCUT2D eigenvalue weighted by molar-refractivity contribution is 6.18. The first kappa shape index (κ1) is 11.3. The van der Waals surface area contributed by atoms with Crippen molar-refractivity contribution in [2.75, 3.05) is 19.0 Å². The van der Waals surface area contributed by atoms with Gasteiger partial charge in [-0.15, -0.1) is 11.6 Å². The smallest absolute Gasteiger partial charge is 0.0700 e. The Kier molecular flexibility index (Phi) is 5.07. The molecule has 1 rings (SSSR count). The number of halogens is 1. The highest BCUT2D eigenvalue weighted by Gasteiger charge is 2.18. The first-order valence-electron chi connectivity index (χ1n) is 5.15. The molecule has 0 aromatic rings. The molecule has 1 aliphatic heterocycles. The molecule has 0 aromatic heterocycles. The Balaban J connectivity index is 2.15. The Labute approximate surface area is 86.0 Å². The second kappa shape index (κ2) is 5.84. The highest BCUT2D eigenvalue weighted by Crippen LogP contribution is 2.12. The van der Waals surface area contributed by atoms with Gasteiger partial charge in [0.15, 0.2) is 0 Å². The summed E-state index contributed by atoms with van der Waals surface area (Å²) in [6.07, 6.45) is 2.82. The molecule has 0 aliphatic carbocycles. The fourth-order valence-electron chi connectivity index (χ4n) is 1.56. The maximum Gasteiger partial charge on any atom is 0.0700 e. The molecule has 1 heterocycles. The van der Waals surface area contributed by atoms with Crippen molar-refractivity contribution in [1.82, 2.24) is 5.32 Å². The zero-order valence-electron chi connectivity index (χ0n) is 8.55. The van der Waals surface area contributed by atoms with E-state index in [2.05, 4.69) is 19.2 Å². The monoisotopic (exact) mass is 205 g/mol. The van der Waals surface area contributed by atoms with Crippen molar-refractivity contribution in [3.8, 4) is 0 Å². The summed E-state index contributed by atoms with van der Waals surface area (Å²) in [5.41, 5.74) is 0. The topological polar surface area (TPSA) is 21.3 Å². The molecule has 78 valence electrons. The van der Waals surface area contributed by atoms with E-state index in [0.717, 1.165) is 13.2 Å². The molecule has 1 saturated heterocycles. The fraction of sp³-hybridized carbons (Fsp3) is 1.00. The van der Waals surface area contributed by atoms with Crippen molar-refractivity contribution >= 4 is 11.6 Å². The van der Waals surface area contributed by atoms with Gasteiger partial charge in [-0.25, -0.2) is 0 Å². The molecular weight excluding hydrogens is 186 g/mol. The molecule has 0 bridgehead atoms. The minimum Gasteiger partial charge on any atom is -0.377 e. The molecule has 0 amide bonds. The number of alkyl halides is 1. The van der Waals surface area contributed by atoms with Gasteiger partial charge in [-0.05, 0) is 18.8 Å². The summed E-state index contributed by atoms with van der Waals surface area (Å²) in [5.74, 6) is 1.28. The first-order chi connectivity index (χ1) is 6.24. The lowest BCUT2D eigenvalue weighted by molar-refractivity contribution is 0.106. The molecule has 2 nitrogen and oxygen atoms in total. The minimum atomic E-state index is 0.421. The van der Waals surface area contributed by atoms with Crippen LogP contribution >= 0.6 is 11.6 Å². The number of ether oxygens (including phenoxy) is 1. The van der Waals surface area contributed by atoms with Crippen molar-refractivity contribution in [2.24, 2.45) is 5.92 Å². The summed E-state index contributed by atoms with van der Waals surface area (Å²) in [4.78, 5) is 0. The average Bonchev–Trinajstić information content (AvgIpc) is 2.57. The summed E-state index contributed by atoms with van der Waals surface area (Å²) in [6.45, 7) is 6.26. The maximum absolute atomic E-state index is 5.84. The van der Waals surface area contributed by atoms with Gasteiger partial charge in [0.05, 0.1) is 6.10 Å². The third-order valence-electron chi connectivity index (χ3n) is 2.60. The lowest BCUT2D eigenvalue weighted by Gasteiger charge is -2.21. The fourth-order valence-corrected chi connectivity index (χ4v) is 2.02. The lowest BCUT2D eigenvalue weighted by atomic mass is 10.1. The zero-order valence-corrected chi connectivity index (χ0v) is 9.31. The van der Waals surface area contributed by atoms with Crippen LogP contribution in [-0.4, -0.2) is 31.2 Å². The summed E-state index contributed by atoms with van der Waals surface area (Å²) in [6, 6.07) is 0.422. The Bertz CT molecular complexity index is 135. The van der Waals surface area contributed by atoms with Crippen molar-refractivity contribution < 1.29 is 4.74 Å². The second-order valence-electron chi connectivity index (χ2n) is 4.05. The second-order valence-corrected chi connectivity index (χ2v) is 4.36. The van der Waals surface area contributed by atoms with Crippen molar-refractivity contribution in [3.05, 3.63) is 0 Å². The standard InChI is InChI=1S/C10H20ClNO/c1-8(2)10(6-11)12-7-9-4-3-5-13-9/h8-10,12H,3-7H2,1-2H3. The average molecular weight is 206 g/mol. The quantitative estimate of drug-likeness (QED) is 0.694. The molecular formula is C10H20ClNO. The summed E-state index contributed by atoms with van der Waals surface area (Å²) < 4.78 is 5.52. The van der Waals surface area contributed by atoms with Crippen LogP contribution in [0.4, 0.5) is 0 Å². The summed E-state index contributed by atoms with van der Waals surface area (Å²) in [7, 11) is 0. The normalized spacial score (nSPS) is 25.4. The summed E-state index contributed by atoms with van der Waals surface area (Å²) >= 11 is 5.84. The van der Waals surface area contributed by atoms with E-state index in [9.17, 15) is 0 Å². The van der Waals surface area contributed by atoms with Gasteiger partial charge in [0.2, 0.25) is 0 Å². The van der Waals surface area contributed by atoms with Crippen LogP contribution in [0, 0.1) is 5.92 Å². The van der Waals surface area contributed by atoms with Gasteiger partial charge in [-0.2, -0.15) is 0 Å². The van der Waals surface area contributed by atoms with Gasteiger partial charge in [0.25, 0.3) is 0 Å². The minimum absolute atomic E-state index is 0.421. The SMILES string of the molecule is CC(C)C(CCl)NCC1CCCO1. The van der Waals surface area contributed by atoms with E-state index >= 15 is 0 Å². The zero-order chi connectivity index (χ0) is 9.68. The third kappa shape index (κ3) is 3.84. The van der Waals surface area contributed by atoms with E-state index in [1.807, 2.05) is 0 Å². The van der Waals surface area contributed by atoms with E-state index in [-0.39, 0.29) is 0 Å². The van der Waals surface area contributed by atoms with Crippen LogP contribution < -0.4 is 5.32 Å². The van der Waals surface area contributed by atoms with Crippen LogP contribution in [0.25, 0.3) is 0 Å². The van der Waals surface area contributed by atoms with Crippen molar-refractivity contribution in [1.29, 1.82) is 0 Å². The van der Waals surface area contributed by atoms with Gasteiger partial charge in [0.1, 0.15) is 0 Å². The largest absolute Gasteiger partial charge is 0.377 e. The molecule has 2 atom stereocenters. The van der Waals surface area contributed by atoms with Crippen LogP contribution in [0.5, 0.6) is 0 Å². The number of hydrogen-bond acceptors (Lipinski definition) is 2. The first-order valence-corrected chi connectivity index (χ1v) is 5.68. The summed E-state index contributed by atoms with van der Waals surface area (Å²) in [5, 5.41) is 3.45. The third-order valence-corrected chi connectivity index (χ3v) is 2.94. The Morgan fingerprint density at radius 1 is 1.54 bits per heavy atom. The van der Waals surface area contributed by atoms with E-state index < -0.39 is 0 Å². The van der Waals surface area contributed by atoms with Crippen LogP contribution in [-0.2, 0) is 4.74 Å². The predicted molar refractivity (Wildman–Crippen MR) is 56.3 cm³/mol. The molecule has 2 unspecified atom stereocenters. The van der Waals surface area contributed by atoms with Gasteiger partial charge in [0, 0.05) is 25.1 Å². The Morgan fingerprint density at radius 3 is 2.77 bits per heavy atom. The highest BCUT2D eigenvalue weighted by atomic mass is 35.5. The predicted octanol–water partition coefficient (Wildman–Crippen LogP) is 2.02. The van der Waals surface area contributed by atoms with Crippen molar-refractivity contribution in [2.45, 2.75) is 38.8 Å². The molecule has 1 aliphatic rings. The molecule has 1 N–H and O–H groups in total. The van der Waals surface area contributed by atoms with Crippen LogP contribution in [0.2, 0.25) is 0 Å². The maximum atomic E-state index is 5.84. The van der Waals surface area contributed by atoms with Gasteiger partial charge in [-0.1, -0.05) is 13.8 Å².